The third-order valence-corrected chi connectivity index (χ3v) is 3.70. The highest BCUT2D eigenvalue weighted by Crippen LogP contribution is 2.20. The summed E-state index contributed by atoms with van der Waals surface area (Å²) in [5, 5.41) is 8.54. The number of likely N-dealkylation sites (N-methyl/N-ethyl adjacent to an activating group) is 1. The topological polar surface area (TPSA) is 79.5 Å². The Morgan fingerprint density at radius 1 is 1.32 bits per heavy atom. The number of halogens is 1. The molecule has 1 aliphatic rings. The molecular formula is C15H22ClN3O3. The number of carbonyl (C=O) groups excluding carboxylic acids is 2. The van der Waals surface area contributed by atoms with Gasteiger partial charge in [0.1, 0.15) is 5.75 Å². The van der Waals surface area contributed by atoms with E-state index in [1.165, 1.54) is 0 Å². The summed E-state index contributed by atoms with van der Waals surface area (Å²) in [4.78, 5) is 23.1. The number of rotatable bonds is 6. The van der Waals surface area contributed by atoms with Crippen molar-refractivity contribution in [2.24, 2.45) is 11.8 Å². The number of ether oxygens (including phenoxy) is 1. The third kappa shape index (κ3) is 4.89. The number of nitrogens with one attached hydrogen (secondary N) is 3. The van der Waals surface area contributed by atoms with Crippen LogP contribution in [0.15, 0.2) is 24.3 Å². The quantitative estimate of drug-likeness (QED) is 0.729. The van der Waals surface area contributed by atoms with Gasteiger partial charge in [0.15, 0.2) is 6.61 Å². The molecule has 1 saturated heterocycles. The Balaban J connectivity index is 0.00000242. The molecule has 1 fully saturated rings. The molecule has 22 heavy (non-hydrogen) atoms. The van der Waals surface area contributed by atoms with E-state index in [2.05, 4.69) is 16.0 Å². The van der Waals surface area contributed by atoms with Crippen molar-refractivity contribution in [2.45, 2.75) is 6.92 Å². The van der Waals surface area contributed by atoms with E-state index in [4.69, 9.17) is 4.74 Å². The van der Waals surface area contributed by atoms with E-state index in [-0.39, 0.29) is 36.7 Å². The number of hydrogen-bond donors (Lipinski definition) is 3. The fraction of sp³-hybridized carbons (Fsp3) is 0.467. The lowest BCUT2D eigenvalue weighted by atomic mass is 9.88. The summed E-state index contributed by atoms with van der Waals surface area (Å²) in [6.07, 6.45) is 0. The molecule has 1 aromatic carbocycles. The molecule has 1 aliphatic heterocycles. The third-order valence-electron chi connectivity index (χ3n) is 3.70. The minimum absolute atomic E-state index is 0. The maximum absolute atomic E-state index is 12.1. The summed E-state index contributed by atoms with van der Waals surface area (Å²) in [5.74, 6) is 0.847. The summed E-state index contributed by atoms with van der Waals surface area (Å²) in [6.45, 7) is 3.73. The zero-order valence-corrected chi connectivity index (χ0v) is 13.5. The molecule has 0 spiro atoms. The van der Waals surface area contributed by atoms with Crippen LogP contribution >= 0.6 is 12.4 Å². The maximum atomic E-state index is 12.1. The van der Waals surface area contributed by atoms with Gasteiger partial charge in [0.05, 0.1) is 0 Å². The molecule has 1 aromatic rings. The summed E-state index contributed by atoms with van der Waals surface area (Å²) < 4.78 is 5.30. The number of amides is 2. The van der Waals surface area contributed by atoms with E-state index in [1.54, 1.807) is 31.3 Å². The highest BCUT2D eigenvalue weighted by atomic mass is 35.5. The zero-order chi connectivity index (χ0) is 15.2. The van der Waals surface area contributed by atoms with Crippen LogP contribution in [0, 0.1) is 11.8 Å². The van der Waals surface area contributed by atoms with Gasteiger partial charge in [-0.15, -0.1) is 12.4 Å². The van der Waals surface area contributed by atoms with Crippen LogP contribution in [-0.4, -0.2) is 38.6 Å². The Morgan fingerprint density at radius 3 is 2.45 bits per heavy atom. The van der Waals surface area contributed by atoms with Crippen LogP contribution in [0.5, 0.6) is 5.75 Å². The first-order valence-electron chi connectivity index (χ1n) is 7.05. The zero-order valence-electron chi connectivity index (χ0n) is 12.7. The highest BCUT2D eigenvalue weighted by molar-refractivity contribution is 5.92. The van der Waals surface area contributed by atoms with Crippen LogP contribution in [0.1, 0.15) is 6.92 Å². The number of benzene rings is 1. The molecular weight excluding hydrogens is 306 g/mol. The van der Waals surface area contributed by atoms with Crippen LogP contribution < -0.4 is 20.7 Å². The monoisotopic (exact) mass is 327 g/mol. The first-order chi connectivity index (χ1) is 10.1. The van der Waals surface area contributed by atoms with Crippen LogP contribution in [-0.2, 0) is 9.59 Å². The molecule has 6 nitrogen and oxygen atoms in total. The van der Waals surface area contributed by atoms with Crippen LogP contribution in [0.2, 0.25) is 0 Å². The molecule has 1 heterocycles. The van der Waals surface area contributed by atoms with Crippen molar-refractivity contribution in [3.63, 3.8) is 0 Å². The van der Waals surface area contributed by atoms with Crippen molar-refractivity contribution in [3.05, 3.63) is 24.3 Å². The van der Waals surface area contributed by atoms with Gasteiger partial charge in [-0.1, -0.05) is 6.92 Å². The highest BCUT2D eigenvalue weighted by Gasteiger charge is 2.28. The van der Waals surface area contributed by atoms with Crippen molar-refractivity contribution in [3.8, 4) is 5.75 Å². The van der Waals surface area contributed by atoms with E-state index < -0.39 is 0 Å². The minimum Gasteiger partial charge on any atom is -0.484 e. The molecule has 3 N–H and O–H groups in total. The fourth-order valence-electron chi connectivity index (χ4n) is 1.99. The van der Waals surface area contributed by atoms with Gasteiger partial charge in [-0.2, -0.15) is 0 Å². The molecule has 2 rings (SSSR count). The summed E-state index contributed by atoms with van der Waals surface area (Å²) in [5.41, 5.74) is 0.728. The largest absolute Gasteiger partial charge is 0.484 e. The predicted molar refractivity (Wildman–Crippen MR) is 87.4 cm³/mol. The smallest absolute Gasteiger partial charge is 0.257 e. The average Bonchev–Trinajstić information content (AvgIpc) is 2.44. The van der Waals surface area contributed by atoms with Crippen LogP contribution in [0.3, 0.4) is 0 Å². The Morgan fingerprint density at radius 2 is 1.95 bits per heavy atom. The van der Waals surface area contributed by atoms with E-state index in [1.807, 2.05) is 6.92 Å². The first kappa shape index (κ1) is 18.3. The normalized spacial score (nSPS) is 15.0. The van der Waals surface area contributed by atoms with Crippen LogP contribution in [0.25, 0.3) is 0 Å². The van der Waals surface area contributed by atoms with Crippen molar-refractivity contribution < 1.29 is 14.3 Å². The van der Waals surface area contributed by atoms with Crippen molar-refractivity contribution in [2.75, 3.05) is 32.1 Å². The van der Waals surface area contributed by atoms with Crippen LogP contribution in [0.4, 0.5) is 5.69 Å². The lowest BCUT2D eigenvalue weighted by Crippen LogP contribution is -2.48. The van der Waals surface area contributed by atoms with Gasteiger partial charge in [-0.25, -0.2) is 0 Å². The molecule has 122 valence electrons. The lowest BCUT2D eigenvalue weighted by Gasteiger charge is -2.31. The predicted octanol–water partition coefficient (Wildman–Crippen LogP) is 1.03. The van der Waals surface area contributed by atoms with Crippen molar-refractivity contribution >= 4 is 29.9 Å². The second-order valence-corrected chi connectivity index (χ2v) is 5.18. The molecule has 2 amide bonds. The molecule has 0 bridgehead atoms. The van der Waals surface area contributed by atoms with Crippen molar-refractivity contribution in [1.29, 1.82) is 0 Å². The molecule has 0 saturated carbocycles. The molecule has 0 aliphatic carbocycles. The van der Waals surface area contributed by atoms with E-state index >= 15 is 0 Å². The second-order valence-electron chi connectivity index (χ2n) is 5.18. The molecule has 0 aromatic heterocycles. The summed E-state index contributed by atoms with van der Waals surface area (Å²) in [7, 11) is 1.56. The fourth-order valence-corrected chi connectivity index (χ4v) is 1.99. The first-order valence-corrected chi connectivity index (χ1v) is 7.05. The number of carbonyl (C=O) groups is 2. The Bertz CT molecular complexity index is 503. The number of hydrogen-bond acceptors (Lipinski definition) is 4. The van der Waals surface area contributed by atoms with E-state index in [0.29, 0.717) is 11.7 Å². The van der Waals surface area contributed by atoms with Gasteiger partial charge in [0, 0.05) is 18.7 Å². The van der Waals surface area contributed by atoms with E-state index in [0.717, 1.165) is 18.8 Å². The van der Waals surface area contributed by atoms with Gasteiger partial charge >= 0.3 is 0 Å². The maximum Gasteiger partial charge on any atom is 0.257 e. The van der Waals surface area contributed by atoms with Gasteiger partial charge in [0.25, 0.3) is 5.91 Å². The Hall–Kier alpha value is -1.79. The Labute approximate surface area is 136 Å². The second kappa shape index (κ2) is 8.60. The lowest BCUT2D eigenvalue weighted by molar-refractivity contribution is -0.122. The Kier molecular flexibility index (Phi) is 7.14. The minimum atomic E-state index is -0.185. The standard InChI is InChI=1S/C15H21N3O3.ClH/c1-10(11-7-17-8-11)15(20)18-12-3-5-13(6-4-12)21-9-14(19)16-2;/h3-6,10-11,17H,7-9H2,1-2H3,(H,16,19)(H,18,20);1H. The van der Waals surface area contributed by atoms with Gasteiger partial charge < -0.3 is 20.7 Å². The molecule has 1 unspecified atom stereocenters. The summed E-state index contributed by atoms with van der Waals surface area (Å²) >= 11 is 0. The van der Waals surface area contributed by atoms with E-state index in [9.17, 15) is 9.59 Å². The molecule has 1 atom stereocenters. The molecule has 7 heteroatoms. The SMILES string of the molecule is CNC(=O)COc1ccc(NC(=O)C(C)C2CNC2)cc1.Cl. The van der Waals surface area contributed by atoms with Gasteiger partial charge in [-0.3, -0.25) is 9.59 Å². The number of anilines is 1. The summed E-state index contributed by atoms with van der Waals surface area (Å²) in [6, 6.07) is 6.99. The molecule has 0 radical (unpaired) electrons. The van der Waals surface area contributed by atoms with Crippen molar-refractivity contribution in [1.82, 2.24) is 10.6 Å². The average molecular weight is 328 g/mol. The van der Waals surface area contributed by atoms with Gasteiger partial charge in [0.2, 0.25) is 5.91 Å². The van der Waals surface area contributed by atoms with Gasteiger partial charge in [-0.05, 0) is 43.3 Å².